The van der Waals surface area contributed by atoms with Crippen molar-refractivity contribution < 1.29 is 13.9 Å². The summed E-state index contributed by atoms with van der Waals surface area (Å²) in [6.45, 7) is 3.71. The van der Waals surface area contributed by atoms with Crippen molar-refractivity contribution in [3.05, 3.63) is 22.6 Å². The molecule has 0 saturated carbocycles. The second-order valence-corrected chi connectivity index (χ2v) is 3.71. The highest BCUT2D eigenvalue weighted by molar-refractivity contribution is 9.10. The monoisotopic (exact) mass is 275 g/mol. The molecule has 0 atom stereocenters. The quantitative estimate of drug-likeness (QED) is 0.827. The van der Waals surface area contributed by atoms with Crippen molar-refractivity contribution in [2.45, 2.75) is 6.92 Å². The first-order valence-corrected chi connectivity index (χ1v) is 5.51. The van der Waals surface area contributed by atoms with E-state index in [1.165, 1.54) is 6.26 Å². The lowest BCUT2D eigenvalue weighted by Gasteiger charge is -2.19. The normalized spacial score (nSPS) is 10.3. The molecule has 0 aliphatic rings. The van der Waals surface area contributed by atoms with Crippen molar-refractivity contribution in [3.8, 4) is 0 Å². The van der Waals surface area contributed by atoms with E-state index in [4.69, 9.17) is 9.15 Å². The molecule has 1 rings (SSSR count). The van der Waals surface area contributed by atoms with Gasteiger partial charge in [0.25, 0.3) is 5.91 Å². The van der Waals surface area contributed by atoms with E-state index in [0.29, 0.717) is 29.9 Å². The van der Waals surface area contributed by atoms with Gasteiger partial charge in [0.1, 0.15) is 0 Å². The number of amides is 1. The maximum absolute atomic E-state index is 11.9. The Balaban J connectivity index is 2.69. The molecule has 0 aliphatic carbocycles. The van der Waals surface area contributed by atoms with Crippen molar-refractivity contribution >= 4 is 21.8 Å². The highest BCUT2D eigenvalue weighted by Crippen LogP contribution is 2.19. The van der Waals surface area contributed by atoms with Gasteiger partial charge in [-0.1, -0.05) is 0 Å². The van der Waals surface area contributed by atoms with E-state index in [-0.39, 0.29) is 5.91 Å². The lowest BCUT2D eigenvalue weighted by Crippen LogP contribution is -2.33. The Morgan fingerprint density at radius 2 is 2.40 bits per heavy atom. The average molecular weight is 276 g/mol. The van der Waals surface area contributed by atoms with E-state index in [9.17, 15) is 4.79 Å². The van der Waals surface area contributed by atoms with Crippen LogP contribution >= 0.6 is 15.9 Å². The fourth-order valence-electron chi connectivity index (χ4n) is 1.22. The number of carbonyl (C=O) groups is 1. The number of ether oxygens (including phenoxy) is 1. The molecule has 0 fully saturated rings. The molecule has 5 heteroatoms. The van der Waals surface area contributed by atoms with Gasteiger partial charge in [-0.3, -0.25) is 4.79 Å². The molecule has 4 nitrogen and oxygen atoms in total. The highest BCUT2D eigenvalue weighted by Gasteiger charge is 2.18. The Morgan fingerprint density at radius 3 is 2.87 bits per heavy atom. The summed E-state index contributed by atoms with van der Waals surface area (Å²) in [7, 11) is 1.62. The van der Waals surface area contributed by atoms with Gasteiger partial charge in [-0.15, -0.1) is 0 Å². The van der Waals surface area contributed by atoms with E-state index in [1.54, 1.807) is 18.1 Å². The van der Waals surface area contributed by atoms with E-state index in [1.807, 2.05) is 6.92 Å². The Kier molecular flexibility index (Phi) is 4.84. The van der Waals surface area contributed by atoms with Crippen molar-refractivity contribution in [1.29, 1.82) is 0 Å². The predicted octanol–water partition coefficient (Wildman–Crippen LogP) is 2.15. The van der Waals surface area contributed by atoms with Crippen LogP contribution in [0.4, 0.5) is 0 Å². The second-order valence-electron chi connectivity index (χ2n) is 2.99. The number of furan rings is 1. The number of hydrogen-bond donors (Lipinski definition) is 0. The molecular weight excluding hydrogens is 262 g/mol. The van der Waals surface area contributed by atoms with Crippen LogP contribution in [-0.2, 0) is 4.74 Å². The third kappa shape index (κ3) is 3.07. The summed E-state index contributed by atoms with van der Waals surface area (Å²) in [5.41, 5.74) is 0.549. The smallest absolute Gasteiger partial charge is 0.258 e. The van der Waals surface area contributed by atoms with E-state index < -0.39 is 0 Å². The van der Waals surface area contributed by atoms with Gasteiger partial charge in [0.2, 0.25) is 0 Å². The molecule has 0 radical (unpaired) electrons. The van der Waals surface area contributed by atoms with Crippen LogP contribution in [0.25, 0.3) is 0 Å². The second kappa shape index (κ2) is 5.92. The van der Waals surface area contributed by atoms with Crippen molar-refractivity contribution in [2.75, 3.05) is 26.8 Å². The number of carbonyl (C=O) groups excluding carboxylic acids is 1. The molecule has 84 valence electrons. The number of likely N-dealkylation sites (N-methyl/N-ethyl adjacent to an activating group) is 1. The summed E-state index contributed by atoms with van der Waals surface area (Å²) in [5, 5.41) is 0. The summed E-state index contributed by atoms with van der Waals surface area (Å²) in [4.78, 5) is 13.7. The van der Waals surface area contributed by atoms with Crippen LogP contribution in [0.15, 0.2) is 21.4 Å². The fraction of sp³-hybridized carbons (Fsp3) is 0.500. The van der Waals surface area contributed by atoms with Gasteiger partial charge in [0.15, 0.2) is 4.67 Å². The van der Waals surface area contributed by atoms with Crippen LogP contribution in [-0.4, -0.2) is 37.6 Å². The third-order valence-corrected chi connectivity index (χ3v) is 2.70. The first-order chi connectivity index (χ1) is 7.20. The number of hydrogen-bond acceptors (Lipinski definition) is 3. The molecule has 15 heavy (non-hydrogen) atoms. The average Bonchev–Trinajstić information content (AvgIpc) is 2.65. The van der Waals surface area contributed by atoms with Gasteiger partial charge in [-0.2, -0.15) is 0 Å². The maximum atomic E-state index is 11.9. The Bertz CT molecular complexity index is 324. The molecule has 0 bridgehead atoms. The summed E-state index contributed by atoms with van der Waals surface area (Å²) < 4.78 is 10.4. The largest absolute Gasteiger partial charge is 0.457 e. The summed E-state index contributed by atoms with van der Waals surface area (Å²) in [6, 6.07) is 1.65. The fourth-order valence-corrected chi connectivity index (χ4v) is 1.63. The van der Waals surface area contributed by atoms with E-state index in [2.05, 4.69) is 15.9 Å². The van der Waals surface area contributed by atoms with Crippen molar-refractivity contribution in [1.82, 2.24) is 4.90 Å². The highest BCUT2D eigenvalue weighted by atomic mass is 79.9. The molecule has 0 unspecified atom stereocenters. The van der Waals surface area contributed by atoms with Gasteiger partial charge in [0.05, 0.1) is 18.4 Å². The lowest BCUT2D eigenvalue weighted by molar-refractivity contribution is 0.0704. The molecular formula is C10H14BrNO3. The topological polar surface area (TPSA) is 42.7 Å². The van der Waals surface area contributed by atoms with Crippen molar-refractivity contribution in [3.63, 3.8) is 0 Å². The van der Waals surface area contributed by atoms with Crippen LogP contribution in [0, 0.1) is 0 Å². The first-order valence-electron chi connectivity index (χ1n) is 4.72. The number of halogens is 1. The molecule has 1 aromatic rings. The molecule has 1 amide bonds. The molecule has 0 aromatic carbocycles. The van der Waals surface area contributed by atoms with Gasteiger partial charge in [-0.25, -0.2) is 0 Å². The summed E-state index contributed by atoms with van der Waals surface area (Å²) >= 11 is 3.19. The minimum absolute atomic E-state index is 0.0461. The minimum Gasteiger partial charge on any atom is -0.457 e. The van der Waals surface area contributed by atoms with Crippen molar-refractivity contribution in [2.24, 2.45) is 0 Å². The van der Waals surface area contributed by atoms with Gasteiger partial charge in [0, 0.05) is 20.2 Å². The molecule has 0 spiro atoms. The number of rotatable bonds is 5. The van der Waals surface area contributed by atoms with Crippen LogP contribution in [0.5, 0.6) is 0 Å². The molecule has 1 aromatic heterocycles. The summed E-state index contributed by atoms with van der Waals surface area (Å²) in [5.74, 6) is -0.0461. The maximum Gasteiger partial charge on any atom is 0.258 e. The van der Waals surface area contributed by atoms with E-state index in [0.717, 1.165) is 0 Å². The van der Waals surface area contributed by atoms with Gasteiger partial charge in [-0.05, 0) is 28.9 Å². The third-order valence-electron chi connectivity index (χ3n) is 2.08. The zero-order chi connectivity index (χ0) is 11.3. The SMILES string of the molecule is CCN(CCOC)C(=O)c1ccoc1Br. The minimum atomic E-state index is -0.0461. The predicted molar refractivity (Wildman–Crippen MR) is 59.9 cm³/mol. The van der Waals surface area contributed by atoms with Gasteiger partial charge < -0.3 is 14.1 Å². The van der Waals surface area contributed by atoms with Crippen LogP contribution in [0.1, 0.15) is 17.3 Å². The van der Waals surface area contributed by atoms with Crippen LogP contribution in [0.2, 0.25) is 0 Å². The zero-order valence-electron chi connectivity index (χ0n) is 8.83. The molecule has 1 heterocycles. The van der Waals surface area contributed by atoms with Crippen LogP contribution < -0.4 is 0 Å². The lowest BCUT2D eigenvalue weighted by atomic mass is 10.3. The Morgan fingerprint density at radius 1 is 1.67 bits per heavy atom. The number of nitrogens with zero attached hydrogens (tertiary/aromatic N) is 1. The van der Waals surface area contributed by atoms with E-state index >= 15 is 0 Å². The molecule has 0 aliphatic heterocycles. The Labute approximate surface area is 97.3 Å². The molecule has 0 saturated heterocycles. The van der Waals surface area contributed by atoms with Crippen LogP contribution in [0.3, 0.4) is 0 Å². The number of methoxy groups -OCH3 is 1. The zero-order valence-corrected chi connectivity index (χ0v) is 10.4. The Hall–Kier alpha value is -0.810. The standard InChI is InChI=1S/C10H14BrNO3/c1-3-12(5-7-14-2)10(13)8-4-6-15-9(8)11/h4,6H,3,5,7H2,1-2H3. The molecule has 0 N–H and O–H groups in total. The first kappa shape index (κ1) is 12.3. The summed E-state index contributed by atoms with van der Waals surface area (Å²) in [6.07, 6.45) is 1.49. The van der Waals surface area contributed by atoms with Gasteiger partial charge >= 0.3 is 0 Å².